The third kappa shape index (κ3) is 7.35. The molecule has 0 fully saturated rings. The van der Waals surface area contributed by atoms with Crippen molar-refractivity contribution in [3.8, 4) is 16.9 Å². The SMILES string of the molecule is CS(=O)(=O)NC(=O)CCCn1ccc(-c2ccc(OCCc3ccccn3)cc2)cc1=O. The number of benzene rings is 1. The topological polar surface area (TPSA) is 107 Å². The lowest BCUT2D eigenvalue weighted by molar-refractivity contribution is -0.119. The zero-order valence-corrected chi connectivity index (χ0v) is 18.5. The Morgan fingerprint density at radius 1 is 1.09 bits per heavy atom. The summed E-state index contributed by atoms with van der Waals surface area (Å²) in [6.45, 7) is 0.841. The van der Waals surface area contributed by atoms with Gasteiger partial charge >= 0.3 is 0 Å². The minimum Gasteiger partial charge on any atom is -0.493 e. The molecule has 0 saturated heterocycles. The molecule has 168 valence electrons. The highest BCUT2D eigenvalue weighted by Gasteiger charge is 2.08. The molecule has 1 N–H and O–H groups in total. The van der Waals surface area contributed by atoms with E-state index in [2.05, 4.69) is 4.98 Å². The first kappa shape index (κ1) is 23.2. The number of carbonyl (C=O) groups excluding carboxylic acids is 1. The van der Waals surface area contributed by atoms with E-state index in [-0.39, 0.29) is 12.0 Å². The molecule has 0 aliphatic rings. The average Bonchev–Trinajstić information content (AvgIpc) is 2.75. The lowest BCUT2D eigenvalue weighted by atomic mass is 10.1. The molecule has 1 aromatic carbocycles. The van der Waals surface area contributed by atoms with E-state index in [0.717, 1.165) is 35.2 Å². The first-order chi connectivity index (χ1) is 15.3. The van der Waals surface area contributed by atoms with E-state index in [4.69, 9.17) is 4.74 Å². The minimum atomic E-state index is -3.56. The van der Waals surface area contributed by atoms with Crippen LogP contribution in [-0.2, 0) is 27.8 Å². The lowest BCUT2D eigenvalue weighted by Crippen LogP contribution is -2.29. The van der Waals surface area contributed by atoms with Crippen molar-refractivity contribution in [3.05, 3.63) is 83.0 Å². The van der Waals surface area contributed by atoms with E-state index >= 15 is 0 Å². The van der Waals surface area contributed by atoms with Gasteiger partial charge in [0.25, 0.3) is 5.56 Å². The molecule has 3 aromatic rings. The number of ether oxygens (including phenoxy) is 1. The fraction of sp³-hybridized carbons (Fsp3) is 0.261. The summed E-state index contributed by atoms with van der Waals surface area (Å²) in [6.07, 6.45) is 5.44. The van der Waals surface area contributed by atoms with Crippen molar-refractivity contribution in [2.24, 2.45) is 0 Å². The van der Waals surface area contributed by atoms with Gasteiger partial charge in [-0.3, -0.25) is 19.3 Å². The van der Waals surface area contributed by atoms with Crippen molar-refractivity contribution in [1.29, 1.82) is 0 Å². The van der Waals surface area contributed by atoms with Crippen LogP contribution in [-0.4, -0.2) is 36.7 Å². The summed E-state index contributed by atoms with van der Waals surface area (Å²) in [5, 5.41) is 0. The third-order valence-electron chi connectivity index (χ3n) is 4.64. The maximum atomic E-state index is 12.4. The van der Waals surface area contributed by atoms with Crippen LogP contribution in [0.1, 0.15) is 18.5 Å². The molecule has 9 heteroatoms. The molecule has 0 saturated carbocycles. The first-order valence-electron chi connectivity index (χ1n) is 10.1. The second kappa shape index (κ2) is 10.7. The number of rotatable bonds is 10. The number of pyridine rings is 2. The number of amides is 1. The molecule has 0 spiro atoms. The Labute approximate surface area is 186 Å². The molecule has 0 aliphatic carbocycles. The predicted octanol–water partition coefficient (Wildman–Crippen LogP) is 2.39. The van der Waals surface area contributed by atoms with Crippen LogP contribution in [0.3, 0.4) is 0 Å². The number of sulfonamides is 1. The number of hydrogen-bond acceptors (Lipinski definition) is 6. The molecule has 1 amide bonds. The molecular weight excluding hydrogens is 430 g/mol. The summed E-state index contributed by atoms with van der Waals surface area (Å²) >= 11 is 0. The number of aromatic nitrogens is 2. The lowest BCUT2D eigenvalue weighted by Gasteiger charge is -2.09. The van der Waals surface area contributed by atoms with Crippen LogP contribution in [0.15, 0.2) is 71.8 Å². The summed E-state index contributed by atoms with van der Waals surface area (Å²) in [5.41, 5.74) is 2.45. The summed E-state index contributed by atoms with van der Waals surface area (Å²) in [7, 11) is -3.56. The van der Waals surface area contributed by atoms with Gasteiger partial charge < -0.3 is 9.30 Å². The Bertz CT molecular complexity index is 1210. The number of nitrogens with zero attached hydrogens (tertiary/aromatic N) is 2. The Kier molecular flexibility index (Phi) is 7.77. The summed E-state index contributed by atoms with van der Waals surface area (Å²) in [6, 6.07) is 16.7. The highest BCUT2D eigenvalue weighted by atomic mass is 32.2. The molecule has 3 rings (SSSR count). The van der Waals surface area contributed by atoms with Crippen LogP contribution >= 0.6 is 0 Å². The summed E-state index contributed by atoms with van der Waals surface area (Å²) in [5.74, 6) is 0.157. The van der Waals surface area contributed by atoms with Gasteiger partial charge in [0.1, 0.15) is 5.75 Å². The van der Waals surface area contributed by atoms with Crippen molar-refractivity contribution >= 4 is 15.9 Å². The van der Waals surface area contributed by atoms with E-state index in [9.17, 15) is 18.0 Å². The van der Waals surface area contributed by atoms with Crippen LogP contribution in [0.4, 0.5) is 0 Å². The van der Waals surface area contributed by atoms with Crippen LogP contribution in [0.2, 0.25) is 0 Å². The number of carbonyl (C=O) groups is 1. The molecule has 0 radical (unpaired) electrons. The van der Waals surface area contributed by atoms with Gasteiger partial charge in [-0.15, -0.1) is 0 Å². The zero-order chi connectivity index (χ0) is 23.0. The largest absolute Gasteiger partial charge is 0.493 e. The molecule has 8 nitrogen and oxygen atoms in total. The third-order valence-corrected chi connectivity index (χ3v) is 5.24. The van der Waals surface area contributed by atoms with E-state index in [1.54, 1.807) is 12.4 Å². The normalized spacial score (nSPS) is 11.2. The zero-order valence-electron chi connectivity index (χ0n) is 17.7. The van der Waals surface area contributed by atoms with Gasteiger partial charge in [-0.05, 0) is 47.9 Å². The second-order valence-electron chi connectivity index (χ2n) is 7.29. The molecule has 0 atom stereocenters. The molecule has 32 heavy (non-hydrogen) atoms. The smallest absolute Gasteiger partial charge is 0.251 e. The van der Waals surface area contributed by atoms with E-state index in [1.165, 1.54) is 10.6 Å². The number of hydrogen-bond donors (Lipinski definition) is 1. The van der Waals surface area contributed by atoms with E-state index in [1.807, 2.05) is 53.3 Å². The van der Waals surface area contributed by atoms with Gasteiger partial charge in [0, 0.05) is 43.5 Å². The monoisotopic (exact) mass is 455 g/mol. The van der Waals surface area contributed by atoms with Crippen molar-refractivity contribution < 1.29 is 17.9 Å². The fourth-order valence-electron chi connectivity index (χ4n) is 3.10. The van der Waals surface area contributed by atoms with Gasteiger partial charge in [-0.1, -0.05) is 18.2 Å². The van der Waals surface area contributed by atoms with Gasteiger partial charge in [-0.25, -0.2) is 8.42 Å². The first-order valence-corrected chi connectivity index (χ1v) is 12.0. The predicted molar refractivity (Wildman–Crippen MR) is 122 cm³/mol. The minimum absolute atomic E-state index is 0.0169. The molecule has 2 aromatic heterocycles. The highest BCUT2D eigenvalue weighted by Crippen LogP contribution is 2.21. The molecule has 0 unspecified atom stereocenters. The maximum Gasteiger partial charge on any atom is 0.251 e. The highest BCUT2D eigenvalue weighted by molar-refractivity contribution is 7.89. The van der Waals surface area contributed by atoms with Crippen LogP contribution in [0, 0.1) is 0 Å². The molecule has 2 heterocycles. The van der Waals surface area contributed by atoms with Gasteiger partial charge in [0.05, 0.1) is 12.9 Å². The van der Waals surface area contributed by atoms with Crippen LogP contribution < -0.4 is 15.0 Å². The Balaban J connectivity index is 1.52. The summed E-state index contributed by atoms with van der Waals surface area (Å²) < 4.78 is 31.2. The van der Waals surface area contributed by atoms with Crippen LogP contribution in [0.25, 0.3) is 11.1 Å². The molecular formula is C23H25N3O5S. The average molecular weight is 456 g/mol. The molecule has 0 bridgehead atoms. The number of nitrogens with one attached hydrogen (secondary N) is 1. The quantitative estimate of drug-likeness (QED) is 0.503. The number of aryl methyl sites for hydroxylation is 1. The Morgan fingerprint density at radius 3 is 2.53 bits per heavy atom. The van der Waals surface area contributed by atoms with Gasteiger partial charge in [-0.2, -0.15) is 0 Å². The second-order valence-corrected chi connectivity index (χ2v) is 9.04. The van der Waals surface area contributed by atoms with Crippen molar-refractivity contribution in [2.75, 3.05) is 12.9 Å². The molecule has 0 aliphatic heterocycles. The fourth-order valence-corrected chi connectivity index (χ4v) is 3.62. The summed E-state index contributed by atoms with van der Waals surface area (Å²) in [4.78, 5) is 28.2. The van der Waals surface area contributed by atoms with E-state index < -0.39 is 15.9 Å². The van der Waals surface area contributed by atoms with E-state index in [0.29, 0.717) is 19.6 Å². The van der Waals surface area contributed by atoms with Gasteiger partial charge in [0.2, 0.25) is 15.9 Å². The standard InChI is InChI=1S/C23H25N3O5S/c1-32(29,30)25-22(27)6-4-14-26-15-11-19(17-23(26)28)18-7-9-21(10-8-18)31-16-12-20-5-2-3-13-24-20/h2-3,5,7-11,13,15,17H,4,6,12,14,16H2,1H3,(H,25,27). The van der Waals surface area contributed by atoms with Crippen molar-refractivity contribution in [2.45, 2.75) is 25.8 Å². The van der Waals surface area contributed by atoms with Crippen LogP contribution in [0.5, 0.6) is 5.75 Å². The van der Waals surface area contributed by atoms with Crippen molar-refractivity contribution in [3.63, 3.8) is 0 Å². The Morgan fingerprint density at radius 2 is 1.88 bits per heavy atom. The van der Waals surface area contributed by atoms with Crippen molar-refractivity contribution in [1.82, 2.24) is 14.3 Å². The van der Waals surface area contributed by atoms with Gasteiger partial charge in [0.15, 0.2) is 0 Å². The Hall–Kier alpha value is -3.46. The maximum absolute atomic E-state index is 12.4.